The molecule has 0 bridgehead atoms. The van der Waals surface area contributed by atoms with Crippen molar-refractivity contribution in [2.45, 2.75) is 26.3 Å². The summed E-state index contributed by atoms with van der Waals surface area (Å²) in [6, 6.07) is 7.70. The molecule has 9 heteroatoms. The Labute approximate surface area is 178 Å². The van der Waals surface area contributed by atoms with Gasteiger partial charge in [-0.05, 0) is 42.9 Å². The minimum absolute atomic E-state index is 0.0905. The van der Waals surface area contributed by atoms with Crippen LogP contribution < -0.4 is 15.9 Å². The summed E-state index contributed by atoms with van der Waals surface area (Å²) in [5.74, 6) is -1.02. The lowest BCUT2D eigenvalue weighted by molar-refractivity contribution is -0.134. The van der Waals surface area contributed by atoms with Gasteiger partial charge in [-0.25, -0.2) is 13.8 Å². The van der Waals surface area contributed by atoms with E-state index in [0.717, 1.165) is 24.7 Å². The third-order valence-corrected chi connectivity index (χ3v) is 4.57. The normalized spacial score (nSPS) is 14.6. The zero-order chi connectivity index (χ0) is 21.6. The molecule has 0 aliphatic carbocycles. The van der Waals surface area contributed by atoms with Crippen molar-refractivity contribution in [1.29, 1.82) is 0 Å². The fourth-order valence-electron chi connectivity index (χ4n) is 2.83. The number of rotatable bonds is 2. The van der Waals surface area contributed by atoms with Crippen LogP contribution in [0, 0.1) is 11.6 Å². The number of ether oxygens (including phenoxy) is 1. The second-order valence-electron chi connectivity index (χ2n) is 6.20. The van der Waals surface area contributed by atoms with Crippen LogP contribution in [0.2, 0.25) is 5.02 Å². The summed E-state index contributed by atoms with van der Waals surface area (Å²) in [5, 5.41) is 1.80. The Kier molecular flexibility index (Phi) is 8.31. The number of benzene rings is 2. The second-order valence-corrected chi connectivity index (χ2v) is 7.04. The Hall–Kier alpha value is -2.29. The number of nitrogens with zero attached hydrogens (tertiary/aromatic N) is 1. The first-order valence-electron chi connectivity index (χ1n) is 8.96. The number of hydrazine groups is 1. The number of thiocarbonyl (C=S) groups is 1. The quantitative estimate of drug-likeness (QED) is 0.541. The number of carbonyl (C=O) groups is 1. The molecule has 0 saturated heterocycles. The predicted octanol–water partition coefficient (Wildman–Crippen LogP) is 4.14. The molecule has 0 saturated carbocycles. The number of halogens is 3. The largest absolute Gasteiger partial charge is 0.493 e. The summed E-state index contributed by atoms with van der Waals surface area (Å²) in [6.45, 7) is 4.41. The predicted molar refractivity (Wildman–Crippen MR) is 113 cm³/mol. The van der Waals surface area contributed by atoms with E-state index in [-0.39, 0.29) is 16.5 Å². The monoisotopic (exact) mass is 441 g/mol. The molecule has 1 unspecified atom stereocenters. The van der Waals surface area contributed by atoms with Crippen molar-refractivity contribution >= 4 is 34.7 Å². The average molecular weight is 442 g/mol. The maximum atomic E-state index is 14.0. The van der Waals surface area contributed by atoms with Gasteiger partial charge in [-0.15, -0.1) is 0 Å². The Morgan fingerprint density at radius 3 is 2.69 bits per heavy atom. The fourth-order valence-corrected chi connectivity index (χ4v) is 3.27. The molecule has 0 spiro atoms. The van der Waals surface area contributed by atoms with Gasteiger partial charge in [0.05, 0.1) is 12.6 Å². The zero-order valence-electron chi connectivity index (χ0n) is 16.0. The lowest BCUT2D eigenvalue weighted by atomic mass is 10.00. The van der Waals surface area contributed by atoms with Crippen LogP contribution in [-0.2, 0) is 4.79 Å². The topological polar surface area (TPSA) is 67.6 Å². The van der Waals surface area contributed by atoms with E-state index in [9.17, 15) is 13.6 Å². The molecule has 1 atom stereocenters. The third-order valence-electron chi connectivity index (χ3n) is 4.03. The molecule has 0 radical (unpaired) electrons. The van der Waals surface area contributed by atoms with Gasteiger partial charge in [-0.1, -0.05) is 30.7 Å². The van der Waals surface area contributed by atoms with Crippen molar-refractivity contribution < 1.29 is 18.3 Å². The highest BCUT2D eigenvalue weighted by molar-refractivity contribution is 7.80. The molecule has 5 nitrogen and oxygen atoms in total. The smallest absolute Gasteiger partial charge is 0.238 e. The van der Waals surface area contributed by atoms with Crippen LogP contribution in [-0.4, -0.2) is 29.1 Å². The molecule has 2 aromatic carbocycles. The first-order valence-corrected chi connectivity index (χ1v) is 9.75. The van der Waals surface area contributed by atoms with Gasteiger partial charge in [-0.2, -0.15) is 0 Å². The van der Waals surface area contributed by atoms with E-state index >= 15 is 0 Å². The minimum atomic E-state index is -0.678. The van der Waals surface area contributed by atoms with Gasteiger partial charge < -0.3 is 10.5 Å². The molecule has 156 valence electrons. The van der Waals surface area contributed by atoms with Gasteiger partial charge in [0.15, 0.2) is 0 Å². The number of carbonyl (C=O) groups excluding carboxylic acids is 1. The van der Waals surface area contributed by atoms with E-state index in [2.05, 4.69) is 5.43 Å². The van der Waals surface area contributed by atoms with Crippen LogP contribution in [0.1, 0.15) is 37.4 Å². The molecule has 3 rings (SSSR count). The van der Waals surface area contributed by atoms with Crippen molar-refractivity contribution in [1.82, 2.24) is 10.4 Å². The molecular weight excluding hydrogens is 420 g/mol. The molecule has 0 fully saturated rings. The van der Waals surface area contributed by atoms with Crippen LogP contribution >= 0.6 is 23.8 Å². The maximum absolute atomic E-state index is 14.0. The van der Waals surface area contributed by atoms with E-state index in [1.54, 1.807) is 18.2 Å². The van der Waals surface area contributed by atoms with Crippen molar-refractivity contribution in [3.63, 3.8) is 0 Å². The van der Waals surface area contributed by atoms with Crippen molar-refractivity contribution in [2.24, 2.45) is 5.73 Å². The number of hydrogen-bond donors (Lipinski definition) is 2. The van der Waals surface area contributed by atoms with Gasteiger partial charge in [0.25, 0.3) is 0 Å². The maximum Gasteiger partial charge on any atom is 0.238 e. The highest BCUT2D eigenvalue weighted by Crippen LogP contribution is 2.37. The summed E-state index contributed by atoms with van der Waals surface area (Å²) in [6.07, 6.45) is 0.494. The number of amides is 1. The van der Waals surface area contributed by atoms with Crippen molar-refractivity contribution in [3.05, 3.63) is 64.2 Å². The Balaban J connectivity index is 0.000000941. The first-order chi connectivity index (χ1) is 13.8. The van der Waals surface area contributed by atoms with E-state index in [1.165, 1.54) is 11.9 Å². The number of nitrogens with one attached hydrogen (secondary N) is 1. The SMILES string of the molecule is CC(=O)N(NC(=S)c1cc(F)ccc1F)C1CCOc2ccc(Cl)cc21.CCN. The molecule has 2 aromatic rings. The Morgan fingerprint density at radius 1 is 1.34 bits per heavy atom. The van der Waals surface area contributed by atoms with Gasteiger partial charge in [0.2, 0.25) is 5.91 Å². The van der Waals surface area contributed by atoms with Crippen molar-refractivity contribution in [3.8, 4) is 5.75 Å². The molecule has 1 aliphatic rings. The lowest BCUT2D eigenvalue weighted by Gasteiger charge is -2.35. The molecule has 3 N–H and O–H groups in total. The van der Waals surface area contributed by atoms with Crippen molar-refractivity contribution in [2.75, 3.05) is 13.2 Å². The van der Waals surface area contributed by atoms with E-state index < -0.39 is 17.7 Å². The summed E-state index contributed by atoms with van der Waals surface area (Å²) >= 11 is 11.3. The van der Waals surface area contributed by atoms with E-state index in [1.807, 2.05) is 6.92 Å². The first kappa shape index (κ1) is 23.0. The summed E-state index contributed by atoms with van der Waals surface area (Å²) < 4.78 is 33.0. The zero-order valence-corrected chi connectivity index (χ0v) is 17.6. The molecule has 1 amide bonds. The lowest BCUT2D eigenvalue weighted by Crippen LogP contribution is -2.48. The highest BCUT2D eigenvalue weighted by atomic mass is 35.5. The summed E-state index contributed by atoms with van der Waals surface area (Å²) in [4.78, 5) is 12.1. The van der Waals surface area contributed by atoms with E-state index in [4.69, 9.17) is 34.3 Å². The average Bonchev–Trinajstić information content (AvgIpc) is 2.68. The molecular formula is C20H22ClF2N3O2S. The minimum Gasteiger partial charge on any atom is -0.493 e. The number of fused-ring (bicyclic) bond motifs is 1. The van der Waals surface area contributed by atoms with Gasteiger partial charge in [0, 0.05) is 29.5 Å². The van der Waals surface area contributed by atoms with Crippen LogP contribution in [0.4, 0.5) is 8.78 Å². The fraction of sp³-hybridized carbons (Fsp3) is 0.300. The summed E-state index contributed by atoms with van der Waals surface area (Å²) in [5.41, 5.74) is 8.18. The van der Waals surface area contributed by atoms with Crippen LogP contribution in [0.15, 0.2) is 36.4 Å². The van der Waals surface area contributed by atoms with Gasteiger partial charge >= 0.3 is 0 Å². The van der Waals surface area contributed by atoms with Crippen LogP contribution in [0.25, 0.3) is 0 Å². The van der Waals surface area contributed by atoms with Crippen LogP contribution in [0.3, 0.4) is 0 Å². The van der Waals surface area contributed by atoms with Crippen LogP contribution in [0.5, 0.6) is 5.75 Å². The Bertz CT molecular complexity index is 898. The number of hydrogen-bond acceptors (Lipinski definition) is 4. The Morgan fingerprint density at radius 2 is 2.03 bits per heavy atom. The second kappa shape index (κ2) is 10.5. The molecule has 0 aromatic heterocycles. The molecule has 1 heterocycles. The van der Waals surface area contributed by atoms with Gasteiger partial charge in [-0.3, -0.25) is 10.2 Å². The third kappa shape index (κ3) is 5.85. The van der Waals surface area contributed by atoms with E-state index in [0.29, 0.717) is 29.4 Å². The number of nitrogens with two attached hydrogens (primary N) is 1. The van der Waals surface area contributed by atoms with Gasteiger partial charge in [0.1, 0.15) is 22.4 Å². The molecule has 1 aliphatic heterocycles. The highest BCUT2D eigenvalue weighted by Gasteiger charge is 2.30. The summed E-state index contributed by atoms with van der Waals surface area (Å²) in [7, 11) is 0. The standard InChI is InChI=1S/C18H15ClF2N2O2S.C2H7N/c1-10(24)23(22-18(26)13-9-12(20)3-4-15(13)21)16-6-7-25-17-5-2-11(19)8-14(16)17;1-2-3/h2-5,8-9,16H,6-7H2,1H3,(H,22,26);2-3H2,1H3. The molecule has 29 heavy (non-hydrogen) atoms.